The lowest BCUT2D eigenvalue weighted by molar-refractivity contribution is 1.35. The van der Waals surface area contributed by atoms with Crippen LogP contribution < -0.4 is 0 Å². The first-order chi connectivity index (χ1) is 3.29. The van der Waals surface area contributed by atoms with Crippen molar-refractivity contribution in [3.63, 3.8) is 0 Å². The summed E-state index contributed by atoms with van der Waals surface area (Å²) in [5, 5.41) is 0. The summed E-state index contributed by atoms with van der Waals surface area (Å²) < 4.78 is 1.09. The Bertz CT molecular complexity index is 137. The molecular weight excluding hydrogens is 203 g/mol. The number of nitrogens with zero attached hydrogens (tertiary/aromatic N) is 2. The predicted octanol–water partition coefficient (Wildman–Crippen LogP) is 1.25. The van der Waals surface area contributed by atoms with Crippen molar-refractivity contribution in [3.05, 3.63) is 0 Å². The Morgan fingerprint density at radius 2 is 2.43 bits per heavy atom. The normalized spacial score (nSPS) is 19.1. The zero-order chi connectivity index (χ0) is 5.28. The van der Waals surface area contributed by atoms with Gasteiger partial charge in [-0.3, -0.25) is 4.99 Å². The molecule has 0 amide bonds. The van der Waals surface area contributed by atoms with Gasteiger partial charge in [0.1, 0.15) is 9.55 Å². The summed E-state index contributed by atoms with van der Waals surface area (Å²) in [5.41, 5.74) is 0. The number of hydrogen-bond acceptors (Lipinski definition) is 2. The van der Waals surface area contributed by atoms with Crippen molar-refractivity contribution < 1.29 is 0 Å². The highest BCUT2D eigenvalue weighted by Crippen LogP contribution is 2.00. The molecule has 3 heteroatoms. The van der Waals surface area contributed by atoms with E-state index in [4.69, 9.17) is 0 Å². The van der Waals surface area contributed by atoms with Crippen molar-refractivity contribution >= 4 is 32.1 Å². The molecule has 0 aromatic carbocycles. The molecule has 38 valence electrons. The lowest BCUT2D eigenvalue weighted by Crippen LogP contribution is -1.81. The standard InChI is InChI=1S/C4H5IN2/c1-3-6-2-4(5)7-3/h2H2,1H3. The molecule has 7 heavy (non-hydrogen) atoms. The summed E-state index contributed by atoms with van der Waals surface area (Å²) in [5.74, 6) is 0.907. The van der Waals surface area contributed by atoms with Gasteiger partial charge >= 0.3 is 0 Å². The van der Waals surface area contributed by atoms with Gasteiger partial charge in [0, 0.05) is 0 Å². The molecule has 0 aromatic heterocycles. The van der Waals surface area contributed by atoms with Gasteiger partial charge in [-0.25, -0.2) is 4.99 Å². The van der Waals surface area contributed by atoms with E-state index in [2.05, 4.69) is 32.6 Å². The number of rotatable bonds is 0. The second kappa shape index (κ2) is 1.90. The van der Waals surface area contributed by atoms with Crippen LogP contribution in [0.15, 0.2) is 9.98 Å². The van der Waals surface area contributed by atoms with Crippen molar-refractivity contribution in [3.8, 4) is 0 Å². The minimum atomic E-state index is 0.798. The van der Waals surface area contributed by atoms with Gasteiger partial charge in [-0.15, -0.1) is 0 Å². The minimum Gasteiger partial charge on any atom is -0.264 e. The van der Waals surface area contributed by atoms with Crippen LogP contribution in [0, 0.1) is 0 Å². The highest BCUT2D eigenvalue weighted by Gasteiger charge is 1.99. The Labute approximate surface area is 55.9 Å². The summed E-state index contributed by atoms with van der Waals surface area (Å²) in [4.78, 5) is 8.06. The van der Waals surface area contributed by atoms with E-state index in [-0.39, 0.29) is 0 Å². The number of aliphatic imine (C=N–C) groups is 2. The number of amidine groups is 1. The molecule has 0 aliphatic carbocycles. The molecule has 0 spiro atoms. The average Bonchev–Trinajstić information content (AvgIpc) is 1.87. The van der Waals surface area contributed by atoms with Crippen molar-refractivity contribution in [2.75, 3.05) is 6.54 Å². The van der Waals surface area contributed by atoms with Crippen LogP contribution in [0.2, 0.25) is 0 Å². The molecule has 0 radical (unpaired) electrons. The van der Waals surface area contributed by atoms with Crippen molar-refractivity contribution in [2.45, 2.75) is 6.92 Å². The summed E-state index contributed by atoms with van der Waals surface area (Å²) in [6.07, 6.45) is 0. The van der Waals surface area contributed by atoms with E-state index in [0.717, 1.165) is 16.1 Å². The van der Waals surface area contributed by atoms with Crippen LogP contribution in [0.3, 0.4) is 0 Å². The van der Waals surface area contributed by atoms with Gasteiger partial charge in [-0.05, 0) is 29.5 Å². The first kappa shape index (κ1) is 5.21. The molecule has 2 nitrogen and oxygen atoms in total. The van der Waals surface area contributed by atoms with Crippen LogP contribution in [-0.2, 0) is 0 Å². The maximum atomic E-state index is 4.04. The third-order valence-corrected chi connectivity index (χ3v) is 1.30. The van der Waals surface area contributed by atoms with Crippen LogP contribution in [0.5, 0.6) is 0 Å². The van der Waals surface area contributed by atoms with Crippen molar-refractivity contribution in [1.29, 1.82) is 0 Å². The Morgan fingerprint density at radius 1 is 1.71 bits per heavy atom. The summed E-state index contributed by atoms with van der Waals surface area (Å²) in [7, 11) is 0. The largest absolute Gasteiger partial charge is 0.264 e. The molecule has 0 bridgehead atoms. The van der Waals surface area contributed by atoms with Gasteiger partial charge in [-0.2, -0.15) is 0 Å². The number of hydrogen-bond donors (Lipinski definition) is 0. The van der Waals surface area contributed by atoms with E-state index in [0.29, 0.717) is 0 Å². The van der Waals surface area contributed by atoms with Gasteiger partial charge in [0.25, 0.3) is 0 Å². The molecule has 0 unspecified atom stereocenters. The molecule has 0 atom stereocenters. The smallest absolute Gasteiger partial charge is 0.121 e. The molecular formula is C4H5IN2. The third kappa shape index (κ3) is 1.22. The topological polar surface area (TPSA) is 24.7 Å². The van der Waals surface area contributed by atoms with E-state index in [1.54, 1.807) is 0 Å². The molecule has 1 rings (SSSR count). The SMILES string of the molecule is CC1=NCC(I)=N1. The minimum absolute atomic E-state index is 0.798. The molecule has 0 aromatic rings. The van der Waals surface area contributed by atoms with Crippen LogP contribution in [0.4, 0.5) is 0 Å². The summed E-state index contributed by atoms with van der Waals surface area (Å²) in [6, 6.07) is 0. The molecule has 0 N–H and O–H groups in total. The van der Waals surface area contributed by atoms with Gasteiger partial charge in [0.15, 0.2) is 0 Å². The highest BCUT2D eigenvalue weighted by molar-refractivity contribution is 14.1. The maximum Gasteiger partial charge on any atom is 0.121 e. The molecule has 0 saturated carbocycles. The van der Waals surface area contributed by atoms with E-state index < -0.39 is 0 Å². The fourth-order valence-electron chi connectivity index (χ4n) is 0.426. The van der Waals surface area contributed by atoms with Gasteiger partial charge in [0.2, 0.25) is 0 Å². The van der Waals surface area contributed by atoms with Gasteiger partial charge in [-0.1, -0.05) is 0 Å². The first-order valence-electron chi connectivity index (χ1n) is 2.03. The Balaban J connectivity index is 2.69. The Kier molecular flexibility index (Phi) is 1.41. The highest BCUT2D eigenvalue weighted by atomic mass is 127. The fraction of sp³-hybridized carbons (Fsp3) is 0.500. The third-order valence-electron chi connectivity index (χ3n) is 0.721. The van der Waals surface area contributed by atoms with Gasteiger partial charge < -0.3 is 0 Å². The molecule has 0 fully saturated rings. The quantitative estimate of drug-likeness (QED) is 0.535. The van der Waals surface area contributed by atoms with Crippen LogP contribution in [-0.4, -0.2) is 16.1 Å². The molecule has 0 saturated heterocycles. The van der Waals surface area contributed by atoms with E-state index in [1.165, 1.54) is 0 Å². The Hall–Kier alpha value is 0.0700. The van der Waals surface area contributed by atoms with Gasteiger partial charge in [0.05, 0.1) is 6.54 Å². The Morgan fingerprint density at radius 3 is 2.57 bits per heavy atom. The zero-order valence-corrected chi connectivity index (χ0v) is 6.14. The maximum absolute atomic E-state index is 4.04. The lowest BCUT2D eigenvalue weighted by Gasteiger charge is -1.73. The van der Waals surface area contributed by atoms with Crippen LogP contribution in [0.25, 0.3) is 0 Å². The second-order valence-corrected chi connectivity index (χ2v) is 2.60. The van der Waals surface area contributed by atoms with E-state index >= 15 is 0 Å². The van der Waals surface area contributed by atoms with Crippen LogP contribution >= 0.6 is 22.6 Å². The summed E-state index contributed by atoms with van der Waals surface area (Å²) >= 11 is 2.18. The fourth-order valence-corrected chi connectivity index (χ4v) is 0.946. The van der Waals surface area contributed by atoms with E-state index in [9.17, 15) is 0 Å². The molecule has 1 aliphatic rings. The van der Waals surface area contributed by atoms with E-state index in [1.807, 2.05) is 6.92 Å². The van der Waals surface area contributed by atoms with Crippen molar-refractivity contribution in [2.24, 2.45) is 9.98 Å². The monoisotopic (exact) mass is 208 g/mol. The first-order valence-corrected chi connectivity index (χ1v) is 3.11. The summed E-state index contributed by atoms with van der Waals surface area (Å²) in [6.45, 7) is 2.71. The lowest BCUT2D eigenvalue weighted by atomic mass is 10.7. The molecule has 1 heterocycles. The number of halogens is 1. The average molecular weight is 208 g/mol. The predicted molar refractivity (Wildman–Crippen MR) is 39.4 cm³/mol. The van der Waals surface area contributed by atoms with Crippen molar-refractivity contribution in [1.82, 2.24) is 0 Å². The van der Waals surface area contributed by atoms with Crippen LogP contribution in [0.1, 0.15) is 6.92 Å². The zero-order valence-electron chi connectivity index (χ0n) is 3.98. The molecule has 1 aliphatic heterocycles. The second-order valence-electron chi connectivity index (χ2n) is 1.35.